The highest BCUT2D eigenvalue weighted by Crippen LogP contribution is 2.31. The number of nitrogens with zero attached hydrogens (tertiary/aromatic N) is 5. The maximum atomic E-state index is 13.1. The van der Waals surface area contributed by atoms with E-state index >= 15 is 0 Å². The van der Waals surface area contributed by atoms with Crippen molar-refractivity contribution in [2.45, 2.75) is 20.8 Å². The van der Waals surface area contributed by atoms with E-state index in [-0.39, 0.29) is 5.91 Å². The van der Waals surface area contributed by atoms with Crippen molar-refractivity contribution in [3.63, 3.8) is 0 Å². The molecule has 7 nitrogen and oxygen atoms in total. The Morgan fingerprint density at radius 3 is 2.63 bits per heavy atom. The van der Waals surface area contributed by atoms with Gasteiger partial charge in [-0.1, -0.05) is 6.07 Å². The summed E-state index contributed by atoms with van der Waals surface area (Å²) in [6.45, 7) is 5.99. The van der Waals surface area contributed by atoms with Crippen LogP contribution >= 0.6 is 11.3 Å². The molecule has 0 saturated carbocycles. The van der Waals surface area contributed by atoms with Crippen LogP contribution in [0.2, 0.25) is 0 Å². The molecule has 27 heavy (non-hydrogen) atoms. The van der Waals surface area contributed by atoms with Gasteiger partial charge in [0.1, 0.15) is 11.3 Å². The van der Waals surface area contributed by atoms with Crippen molar-refractivity contribution in [3.8, 4) is 10.7 Å². The van der Waals surface area contributed by atoms with Gasteiger partial charge in [-0.3, -0.25) is 4.79 Å². The minimum atomic E-state index is -0.132. The molecule has 0 aliphatic carbocycles. The van der Waals surface area contributed by atoms with Gasteiger partial charge in [0.25, 0.3) is 5.91 Å². The minimum absolute atomic E-state index is 0.132. The van der Waals surface area contributed by atoms with E-state index < -0.39 is 0 Å². The maximum absolute atomic E-state index is 13.1. The summed E-state index contributed by atoms with van der Waals surface area (Å²) in [5.41, 5.74) is 4.21. The molecule has 3 heterocycles. The second-order valence-electron chi connectivity index (χ2n) is 6.26. The lowest BCUT2D eigenvalue weighted by Gasteiger charge is -2.11. The lowest BCUT2D eigenvalue weighted by Crippen LogP contribution is -2.15. The normalized spacial score (nSPS) is 10.9. The Hall–Kier alpha value is -3.26. The molecule has 0 spiro atoms. The maximum Gasteiger partial charge on any atom is 0.258 e. The molecular formula is C19H18N6OS. The molecule has 136 valence electrons. The number of aryl methyl sites for hydroxylation is 2. The van der Waals surface area contributed by atoms with Gasteiger partial charge in [-0.25, -0.2) is 4.68 Å². The third-order valence-electron chi connectivity index (χ3n) is 4.50. The van der Waals surface area contributed by atoms with Crippen molar-refractivity contribution >= 4 is 22.9 Å². The van der Waals surface area contributed by atoms with E-state index in [1.54, 1.807) is 16.0 Å². The second-order valence-corrected chi connectivity index (χ2v) is 7.47. The number of thiophene rings is 1. The van der Waals surface area contributed by atoms with Crippen molar-refractivity contribution in [3.05, 3.63) is 70.6 Å². The zero-order valence-corrected chi connectivity index (χ0v) is 16.0. The van der Waals surface area contributed by atoms with Gasteiger partial charge in [0, 0.05) is 23.0 Å². The highest BCUT2D eigenvalue weighted by Gasteiger charge is 2.21. The van der Waals surface area contributed by atoms with Gasteiger partial charge in [0.05, 0.1) is 11.3 Å². The summed E-state index contributed by atoms with van der Waals surface area (Å²) in [6.07, 6.45) is 5.43. The summed E-state index contributed by atoms with van der Waals surface area (Å²) >= 11 is 1.61. The lowest BCUT2D eigenvalue weighted by atomic mass is 10.1. The molecule has 0 saturated heterocycles. The Morgan fingerprint density at radius 1 is 1.15 bits per heavy atom. The minimum Gasteiger partial charge on any atom is -0.322 e. The Morgan fingerprint density at radius 2 is 1.93 bits per heavy atom. The fourth-order valence-corrected chi connectivity index (χ4v) is 4.05. The van der Waals surface area contributed by atoms with Crippen LogP contribution in [0.15, 0.2) is 49.1 Å². The highest BCUT2D eigenvalue weighted by molar-refractivity contribution is 7.15. The predicted molar refractivity (Wildman–Crippen MR) is 105 cm³/mol. The molecular weight excluding hydrogens is 360 g/mol. The Kier molecular flexibility index (Phi) is 4.33. The number of tetrazole rings is 1. The molecule has 0 radical (unpaired) electrons. The van der Waals surface area contributed by atoms with Gasteiger partial charge in [0.15, 0.2) is 0 Å². The molecule has 0 atom stereocenters. The SMILES string of the molecule is Cc1ccc(NC(=O)c2c(-n3cccc3)sc(C)c2C)cc1-n1cnnn1. The predicted octanol–water partition coefficient (Wildman–Crippen LogP) is 3.69. The van der Waals surface area contributed by atoms with Crippen LogP contribution in [0.5, 0.6) is 0 Å². The number of hydrogen-bond acceptors (Lipinski definition) is 5. The van der Waals surface area contributed by atoms with Gasteiger partial charge in [-0.2, -0.15) is 0 Å². The van der Waals surface area contributed by atoms with E-state index in [0.29, 0.717) is 11.3 Å². The highest BCUT2D eigenvalue weighted by atomic mass is 32.1. The summed E-state index contributed by atoms with van der Waals surface area (Å²) in [4.78, 5) is 14.2. The Labute approximate surface area is 160 Å². The number of hydrogen-bond donors (Lipinski definition) is 1. The van der Waals surface area contributed by atoms with E-state index in [0.717, 1.165) is 26.7 Å². The summed E-state index contributed by atoms with van der Waals surface area (Å²) in [7, 11) is 0. The van der Waals surface area contributed by atoms with Gasteiger partial charge in [-0.05, 0) is 66.6 Å². The number of amides is 1. The first-order chi connectivity index (χ1) is 13.0. The summed E-state index contributed by atoms with van der Waals surface area (Å²) < 4.78 is 3.55. The first-order valence-corrected chi connectivity index (χ1v) is 9.25. The van der Waals surface area contributed by atoms with Crippen molar-refractivity contribution in [1.82, 2.24) is 24.8 Å². The number of aromatic nitrogens is 5. The van der Waals surface area contributed by atoms with Crippen molar-refractivity contribution in [2.75, 3.05) is 5.32 Å². The number of nitrogens with one attached hydrogen (secondary N) is 1. The standard InChI is InChI=1S/C19H18N6OS/c1-12-6-7-15(10-16(12)25-11-20-22-23-25)21-18(26)17-13(2)14(3)27-19(17)24-8-4-5-9-24/h4-11H,1-3H3,(H,21,26). The fraction of sp³-hybridized carbons (Fsp3) is 0.158. The van der Waals surface area contributed by atoms with Crippen molar-refractivity contribution < 1.29 is 4.79 Å². The number of carbonyl (C=O) groups is 1. The third-order valence-corrected chi connectivity index (χ3v) is 5.72. The third kappa shape index (κ3) is 3.15. The molecule has 0 bridgehead atoms. The first-order valence-electron chi connectivity index (χ1n) is 8.43. The molecule has 1 amide bonds. The van der Waals surface area contributed by atoms with E-state index in [2.05, 4.69) is 20.8 Å². The van der Waals surface area contributed by atoms with Crippen LogP contribution in [0.4, 0.5) is 5.69 Å². The van der Waals surface area contributed by atoms with E-state index in [4.69, 9.17) is 0 Å². The van der Waals surface area contributed by atoms with Crippen LogP contribution in [0.25, 0.3) is 10.7 Å². The molecule has 1 aromatic carbocycles. The molecule has 0 fully saturated rings. The number of benzene rings is 1. The topological polar surface area (TPSA) is 77.6 Å². The van der Waals surface area contributed by atoms with Crippen LogP contribution in [0.1, 0.15) is 26.4 Å². The van der Waals surface area contributed by atoms with Crippen LogP contribution in [-0.2, 0) is 0 Å². The van der Waals surface area contributed by atoms with Crippen molar-refractivity contribution in [2.24, 2.45) is 0 Å². The quantitative estimate of drug-likeness (QED) is 0.587. The van der Waals surface area contributed by atoms with E-state index in [1.807, 2.05) is 68.1 Å². The summed E-state index contributed by atoms with van der Waals surface area (Å²) in [5.74, 6) is -0.132. The van der Waals surface area contributed by atoms with Crippen LogP contribution in [0.3, 0.4) is 0 Å². The molecule has 8 heteroatoms. The van der Waals surface area contributed by atoms with Gasteiger partial charge >= 0.3 is 0 Å². The molecule has 3 aromatic heterocycles. The molecule has 0 unspecified atom stereocenters. The van der Waals surface area contributed by atoms with Crippen LogP contribution in [0, 0.1) is 20.8 Å². The average Bonchev–Trinajstić information content (AvgIpc) is 3.39. The average molecular weight is 378 g/mol. The summed E-state index contributed by atoms with van der Waals surface area (Å²) in [5, 5.41) is 15.2. The van der Waals surface area contributed by atoms with E-state index in [9.17, 15) is 4.79 Å². The largest absolute Gasteiger partial charge is 0.322 e. The van der Waals surface area contributed by atoms with Gasteiger partial charge in [-0.15, -0.1) is 16.4 Å². The van der Waals surface area contributed by atoms with Crippen LogP contribution in [-0.4, -0.2) is 30.7 Å². The monoisotopic (exact) mass is 378 g/mol. The summed E-state index contributed by atoms with van der Waals surface area (Å²) in [6, 6.07) is 9.58. The van der Waals surface area contributed by atoms with Crippen LogP contribution < -0.4 is 5.32 Å². The van der Waals surface area contributed by atoms with Gasteiger partial charge in [0.2, 0.25) is 0 Å². The number of rotatable bonds is 4. The zero-order chi connectivity index (χ0) is 19.0. The lowest BCUT2D eigenvalue weighted by molar-refractivity contribution is 0.102. The van der Waals surface area contributed by atoms with Gasteiger partial charge < -0.3 is 9.88 Å². The molecule has 4 rings (SSSR count). The molecule has 4 aromatic rings. The number of carbonyl (C=O) groups excluding carboxylic acids is 1. The second kappa shape index (κ2) is 6.81. The molecule has 0 aliphatic rings. The number of anilines is 1. The Bertz CT molecular complexity index is 1100. The first kappa shape index (κ1) is 17.2. The molecule has 0 aliphatic heterocycles. The smallest absolute Gasteiger partial charge is 0.258 e. The molecule has 1 N–H and O–H groups in total. The zero-order valence-electron chi connectivity index (χ0n) is 15.2. The van der Waals surface area contributed by atoms with E-state index in [1.165, 1.54) is 6.33 Å². The Balaban J connectivity index is 1.69. The fourth-order valence-electron chi connectivity index (χ4n) is 2.93. The van der Waals surface area contributed by atoms with Crippen molar-refractivity contribution in [1.29, 1.82) is 0 Å².